The Kier molecular flexibility index (Phi) is 14.4. The van der Waals surface area contributed by atoms with Gasteiger partial charge in [0.1, 0.15) is 11.6 Å². The first-order chi connectivity index (χ1) is 26.5. The maximum Gasteiger partial charge on any atom is 0.274 e. The van der Waals surface area contributed by atoms with Crippen LogP contribution in [0.2, 0.25) is 0 Å². The first-order valence-corrected chi connectivity index (χ1v) is 20.9. The maximum absolute atomic E-state index is 13.4. The minimum atomic E-state index is -3.91. The van der Waals surface area contributed by atoms with E-state index in [1.54, 1.807) is 12.1 Å². The van der Waals surface area contributed by atoms with E-state index in [4.69, 9.17) is 10.3 Å². The first-order valence-electron chi connectivity index (χ1n) is 15.9. The molecule has 0 radical (unpaired) electrons. The van der Waals surface area contributed by atoms with E-state index in [1.165, 1.54) is 24.3 Å². The number of hydrogen-bond acceptors (Lipinski definition) is 18. The van der Waals surface area contributed by atoms with Crippen LogP contribution in [0.5, 0.6) is 0 Å². The third-order valence-corrected chi connectivity index (χ3v) is 11.1. The molecule has 12 N–H and O–H groups in total. The van der Waals surface area contributed by atoms with Gasteiger partial charge in [-0.3, -0.25) is 31.4 Å². The van der Waals surface area contributed by atoms with Gasteiger partial charge in [0.25, 0.3) is 20.4 Å². The van der Waals surface area contributed by atoms with Crippen LogP contribution < -0.4 is 30.7 Å². The SMILES string of the molecule is NS(=O)(=O)NC[C@@H](O)CSc1nonc1C(=N[C@H]1Cc2ccc(F)cc21)NO.NS(=O)(=O)NC[C@H](O)CSc1nonc1C(=N[C@H]1Cc2ccc(F)cc21)NO. The topological polar surface area (TPSA) is 352 Å². The standard InChI is InChI=1S/2C14H17FN6O5S2/c2*15-8-2-1-7-3-11(10(7)4-8)18-13(19-23)12-14(21-26-20-12)27-6-9(22)5-17-28(16,24)25/h2*1-2,4,9,11,17,22-23H,3,5-6H2,(H,18,19)(H2,16,24,25)/t9-,11+;9-,11-/m10/s1. The van der Waals surface area contributed by atoms with E-state index in [2.05, 4.69) is 39.9 Å². The van der Waals surface area contributed by atoms with Crippen LogP contribution in [0.25, 0.3) is 0 Å². The number of benzene rings is 2. The fraction of sp³-hybridized carbons (Fsp3) is 0.357. The average Bonchev–Trinajstić information content (AvgIpc) is 3.80. The molecular weight excluding hydrogens is 831 g/mol. The number of nitrogens with one attached hydrogen (secondary N) is 4. The number of aliphatic imine (C=N–C) groups is 2. The van der Waals surface area contributed by atoms with Crippen LogP contribution in [-0.2, 0) is 33.3 Å². The molecular formula is C28H34F2N12O10S4. The lowest BCUT2D eigenvalue weighted by molar-refractivity contribution is 0.203. The summed E-state index contributed by atoms with van der Waals surface area (Å²) in [6.07, 6.45) is -0.965. The second-order valence-electron chi connectivity index (χ2n) is 11.9. The van der Waals surface area contributed by atoms with Crippen molar-refractivity contribution in [1.82, 2.24) is 41.0 Å². The largest absolute Gasteiger partial charge is 0.391 e. The first kappa shape index (κ1) is 42.9. The number of hydrogen-bond donors (Lipinski definition) is 10. The number of aliphatic hydroxyl groups excluding tert-OH is 2. The van der Waals surface area contributed by atoms with Crippen molar-refractivity contribution in [3.8, 4) is 0 Å². The summed E-state index contributed by atoms with van der Waals surface area (Å²) in [5.74, 6) is -0.723. The minimum absolute atomic E-state index is 0.0270. The molecule has 2 heterocycles. The van der Waals surface area contributed by atoms with Crippen molar-refractivity contribution in [2.24, 2.45) is 20.3 Å². The molecule has 0 amide bonds. The molecule has 2 aromatic carbocycles. The zero-order valence-electron chi connectivity index (χ0n) is 28.5. The number of thioether (sulfide) groups is 2. The van der Waals surface area contributed by atoms with E-state index >= 15 is 0 Å². The van der Waals surface area contributed by atoms with Crippen molar-refractivity contribution in [1.29, 1.82) is 0 Å². The van der Waals surface area contributed by atoms with Crippen molar-refractivity contribution in [2.45, 2.75) is 47.2 Å². The lowest BCUT2D eigenvalue weighted by Crippen LogP contribution is -2.37. The number of rotatable bonds is 16. The molecule has 28 heteroatoms. The number of halogens is 2. The number of nitrogens with zero attached hydrogens (tertiary/aromatic N) is 6. The van der Waals surface area contributed by atoms with Crippen LogP contribution >= 0.6 is 23.5 Å². The van der Waals surface area contributed by atoms with Gasteiger partial charge in [-0.2, -0.15) is 26.3 Å². The predicted octanol–water partition coefficient (Wildman–Crippen LogP) is -1.04. The quantitative estimate of drug-likeness (QED) is 0.0278. The van der Waals surface area contributed by atoms with Gasteiger partial charge in [0, 0.05) is 24.6 Å². The summed E-state index contributed by atoms with van der Waals surface area (Å²) in [7, 11) is -7.82. The van der Waals surface area contributed by atoms with Gasteiger partial charge in [0.2, 0.25) is 0 Å². The number of nitrogens with two attached hydrogens (primary N) is 2. The van der Waals surface area contributed by atoms with Crippen LogP contribution in [-0.4, -0.2) is 107 Å². The van der Waals surface area contributed by atoms with Crippen LogP contribution in [0.15, 0.2) is 65.7 Å². The normalized spacial score (nSPS) is 17.7. The van der Waals surface area contributed by atoms with Crippen molar-refractivity contribution in [3.63, 3.8) is 0 Å². The van der Waals surface area contributed by atoms with Crippen LogP contribution in [0, 0.1) is 11.6 Å². The number of amidine groups is 2. The fourth-order valence-electron chi connectivity index (χ4n) is 5.06. The van der Waals surface area contributed by atoms with Crippen molar-refractivity contribution in [2.75, 3.05) is 24.6 Å². The molecule has 0 spiro atoms. The Morgan fingerprint density at radius 2 is 1.14 bits per heavy atom. The molecule has 6 rings (SSSR count). The van der Waals surface area contributed by atoms with Gasteiger partial charge in [-0.1, -0.05) is 35.7 Å². The molecule has 0 saturated carbocycles. The zero-order chi connectivity index (χ0) is 40.6. The van der Waals surface area contributed by atoms with Crippen molar-refractivity contribution in [3.05, 3.63) is 81.7 Å². The highest BCUT2D eigenvalue weighted by molar-refractivity contribution is 7.99. The summed E-state index contributed by atoms with van der Waals surface area (Å²) in [4.78, 5) is 8.65. The van der Waals surface area contributed by atoms with E-state index < -0.39 is 32.6 Å². The fourth-order valence-corrected chi connectivity index (χ4v) is 7.56. The highest BCUT2D eigenvalue weighted by Crippen LogP contribution is 2.38. The summed E-state index contributed by atoms with van der Waals surface area (Å²) < 4.78 is 83.4. The molecule has 0 saturated heterocycles. The van der Waals surface area contributed by atoms with E-state index in [0.29, 0.717) is 24.0 Å². The van der Waals surface area contributed by atoms with Gasteiger partial charge in [0.15, 0.2) is 33.1 Å². The molecule has 0 unspecified atom stereocenters. The number of aromatic nitrogens is 4. The summed E-state index contributed by atoms with van der Waals surface area (Å²) in [6.45, 7) is -0.563. The monoisotopic (exact) mass is 864 g/mol. The Hall–Kier alpha value is -4.20. The van der Waals surface area contributed by atoms with Crippen LogP contribution in [0.4, 0.5) is 8.78 Å². The van der Waals surface area contributed by atoms with Gasteiger partial charge >= 0.3 is 0 Å². The summed E-state index contributed by atoms with van der Waals surface area (Å²) in [6, 6.07) is 8.14. The molecule has 304 valence electrons. The molecule has 56 heavy (non-hydrogen) atoms. The number of hydroxylamine groups is 2. The Labute approximate surface area is 324 Å². The molecule has 4 atom stereocenters. The van der Waals surface area contributed by atoms with Gasteiger partial charge in [-0.15, -0.1) is 0 Å². The third kappa shape index (κ3) is 11.9. The van der Waals surface area contributed by atoms with Crippen LogP contribution in [0.1, 0.15) is 45.7 Å². The van der Waals surface area contributed by atoms with Crippen molar-refractivity contribution >= 4 is 55.6 Å². The Bertz CT molecular complexity index is 2120. The summed E-state index contributed by atoms with van der Waals surface area (Å²) in [5.41, 5.74) is 7.41. The second kappa shape index (κ2) is 18.8. The third-order valence-electron chi connectivity index (χ3n) is 7.77. The van der Waals surface area contributed by atoms with Crippen molar-refractivity contribution < 1.29 is 55.5 Å². The Morgan fingerprint density at radius 1 is 0.750 bits per heavy atom. The van der Waals surface area contributed by atoms with E-state index in [-0.39, 0.29) is 81.4 Å². The van der Waals surface area contributed by atoms with Crippen LogP contribution in [0.3, 0.4) is 0 Å². The van der Waals surface area contributed by atoms with Gasteiger partial charge in [0.05, 0.1) is 24.3 Å². The lowest BCUT2D eigenvalue weighted by atomic mass is 9.83. The van der Waals surface area contributed by atoms with Gasteiger partial charge < -0.3 is 10.2 Å². The van der Waals surface area contributed by atoms with Gasteiger partial charge in [-0.25, -0.2) is 28.3 Å². The minimum Gasteiger partial charge on any atom is -0.391 e. The molecule has 2 aromatic heterocycles. The van der Waals surface area contributed by atoms with E-state index in [1.807, 2.05) is 20.4 Å². The predicted molar refractivity (Wildman–Crippen MR) is 193 cm³/mol. The lowest BCUT2D eigenvalue weighted by Gasteiger charge is -2.27. The molecule has 0 fully saturated rings. The number of aliphatic hydroxyl groups is 2. The highest BCUT2D eigenvalue weighted by atomic mass is 32.2. The smallest absolute Gasteiger partial charge is 0.274 e. The highest BCUT2D eigenvalue weighted by Gasteiger charge is 2.30. The summed E-state index contributed by atoms with van der Waals surface area (Å²) in [5, 5.41) is 63.3. The Balaban J connectivity index is 0.000000214. The second-order valence-corrected chi connectivity index (χ2v) is 16.6. The maximum atomic E-state index is 13.4. The summed E-state index contributed by atoms with van der Waals surface area (Å²) >= 11 is 2.02. The molecule has 0 aliphatic heterocycles. The van der Waals surface area contributed by atoms with Gasteiger partial charge in [-0.05, 0) is 80.0 Å². The van der Waals surface area contributed by atoms with E-state index in [0.717, 1.165) is 34.7 Å². The Morgan fingerprint density at radius 3 is 1.50 bits per heavy atom. The molecule has 2 aliphatic rings. The number of fused-ring (bicyclic) bond motifs is 2. The average molecular weight is 865 g/mol. The molecule has 4 aromatic rings. The molecule has 0 bridgehead atoms. The zero-order valence-corrected chi connectivity index (χ0v) is 31.7. The molecule has 2 aliphatic carbocycles. The van der Waals surface area contributed by atoms with E-state index in [9.17, 15) is 46.2 Å². The molecule has 22 nitrogen and oxygen atoms in total.